The van der Waals surface area contributed by atoms with E-state index in [-0.39, 0.29) is 5.56 Å². The Morgan fingerprint density at radius 1 is 1.25 bits per heavy atom. The van der Waals surface area contributed by atoms with Gasteiger partial charge in [-0.15, -0.1) is 0 Å². The first-order valence-electron chi connectivity index (χ1n) is 10.2. The van der Waals surface area contributed by atoms with Gasteiger partial charge in [0.2, 0.25) is 0 Å². The molecule has 172 valence electrons. The molecule has 2 N–H and O–H groups in total. The van der Waals surface area contributed by atoms with Crippen LogP contribution in [0.2, 0.25) is 0 Å². The van der Waals surface area contributed by atoms with Crippen LogP contribution < -0.4 is 10.8 Å². The second-order valence-electron chi connectivity index (χ2n) is 7.97. The third-order valence-electron chi connectivity index (χ3n) is 5.50. The number of aliphatic hydroxyl groups is 1. The van der Waals surface area contributed by atoms with Crippen LogP contribution in [-0.4, -0.2) is 39.0 Å². The minimum absolute atomic E-state index is 0.00348. The van der Waals surface area contributed by atoms with E-state index in [1.807, 2.05) is 6.92 Å². The molecule has 0 radical (unpaired) electrons. The molecule has 0 amide bonds. The summed E-state index contributed by atoms with van der Waals surface area (Å²) in [5.41, 5.74) is 0.0716. The Morgan fingerprint density at radius 3 is 2.56 bits per heavy atom. The molecule has 2 heterocycles. The fourth-order valence-corrected chi connectivity index (χ4v) is 4.35. The molecule has 10 heteroatoms. The highest BCUT2D eigenvalue weighted by Crippen LogP contribution is 2.40. The molecule has 0 saturated heterocycles. The van der Waals surface area contributed by atoms with Crippen LogP contribution in [0.25, 0.3) is 10.9 Å². The Labute approximate surface area is 184 Å². The smallest absolute Gasteiger partial charge is 0.301 e. The third-order valence-corrected chi connectivity index (χ3v) is 7.92. The number of aromatic nitrogens is 3. The Bertz CT molecular complexity index is 1200. The van der Waals surface area contributed by atoms with Gasteiger partial charge >= 0.3 is 5.92 Å². The molecule has 0 aliphatic carbocycles. The number of fused-ring (bicyclic) bond motifs is 1. The van der Waals surface area contributed by atoms with Crippen molar-refractivity contribution in [3.8, 4) is 0 Å². The number of alkyl halides is 2. The molecule has 0 bridgehead atoms. The molecule has 3 aromatic rings. The third kappa shape index (κ3) is 4.50. The Kier molecular flexibility index (Phi) is 6.63. The van der Waals surface area contributed by atoms with Gasteiger partial charge in [0.25, 0.3) is 0 Å². The quantitative estimate of drug-likeness (QED) is 0.489. The predicted molar refractivity (Wildman–Crippen MR) is 120 cm³/mol. The number of benzene rings is 1. The number of halogens is 3. The molecule has 0 spiro atoms. The summed E-state index contributed by atoms with van der Waals surface area (Å²) in [5, 5.41) is 13.0. The van der Waals surface area contributed by atoms with Gasteiger partial charge < -0.3 is 15.0 Å². The number of pyridine rings is 1. The lowest BCUT2D eigenvalue weighted by Crippen LogP contribution is -2.29. The van der Waals surface area contributed by atoms with E-state index in [4.69, 9.17) is 0 Å². The maximum atomic E-state index is 15.0. The van der Waals surface area contributed by atoms with Gasteiger partial charge in [-0.05, 0) is 39.6 Å². The summed E-state index contributed by atoms with van der Waals surface area (Å²) in [6.45, 7) is 7.68. The number of nitrogens with one attached hydrogen (secondary N) is 1. The first kappa shape index (κ1) is 24.1. The highest BCUT2D eigenvalue weighted by atomic mass is 31.2. The van der Waals surface area contributed by atoms with Crippen molar-refractivity contribution in [2.24, 2.45) is 0 Å². The number of rotatable bonds is 7. The van der Waals surface area contributed by atoms with Crippen molar-refractivity contribution < 1.29 is 22.8 Å². The largest absolute Gasteiger partial charge is 0.387 e. The van der Waals surface area contributed by atoms with Crippen molar-refractivity contribution in [3.05, 3.63) is 53.2 Å². The van der Waals surface area contributed by atoms with Gasteiger partial charge in [0.15, 0.2) is 0 Å². The molecular formula is C22H26F3N4O2P. The van der Waals surface area contributed by atoms with Crippen LogP contribution >= 0.6 is 7.14 Å². The molecule has 0 aliphatic heterocycles. The maximum Gasteiger partial charge on any atom is 0.301 e. The fraction of sp³-hybridized carbons (Fsp3) is 0.409. The lowest BCUT2D eigenvalue weighted by atomic mass is 9.97. The van der Waals surface area contributed by atoms with Crippen molar-refractivity contribution in [2.45, 2.75) is 45.8 Å². The Hall–Kier alpha value is -2.51. The van der Waals surface area contributed by atoms with Gasteiger partial charge in [-0.1, -0.05) is 19.1 Å². The van der Waals surface area contributed by atoms with Crippen LogP contribution in [0.4, 0.5) is 19.0 Å². The molecule has 2 aromatic heterocycles. The van der Waals surface area contributed by atoms with Crippen LogP contribution in [-0.2, 0) is 10.5 Å². The normalized spacial score (nSPS) is 15.9. The van der Waals surface area contributed by atoms with E-state index in [0.717, 1.165) is 13.0 Å². The molecular weight excluding hydrogens is 440 g/mol. The van der Waals surface area contributed by atoms with Gasteiger partial charge in [0.05, 0.1) is 23.3 Å². The van der Waals surface area contributed by atoms with E-state index in [2.05, 4.69) is 20.3 Å². The zero-order valence-corrected chi connectivity index (χ0v) is 19.4. The minimum atomic E-state index is -3.74. The molecule has 3 rings (SSSR count). The lowest BCUT2D eigenvalue weighted by molar-refractivity contribution is -0.108. The minimum Gasteiger partial charge on any atom is -0.387 e. The summed E-state index contributed by atoms with van der Waals surface area (Å²) >= 11 is 0. The zero-order valence-electron chi connectivity index (χ0n) is 18.5. The van der Waals surface area contributed by atoms with Crippen molar-refractivity contribution in [1.29, 1.82) is 0 Å². The topological polar surface area (TPSA) is 88.0 Å². The van der Waals surface area contributed by atoms with Crippen molar-refractivity contribution in [2.75, 3.05) is 18.1 Å². The lowest BCUT2D eigenvalue weighted by Gasteiger charge is -2.23. The maximum absolute atomic E-state index is 15.0. The molecule has 0 saturated carbocycles. The van der Waals surface area contributed by atoms with Crippen LogP contribution in [0.3, 0.4) is 0 Å². The summed E-state index contributed by atoms with van der Waals surface area (Å²) in [7, 11) is -2.66. The number of nitrogens with zero attached hydrogens (tertiary/aromatic N) is 3. The fourth-order valence-electron chi connectivity index (χ4n) is 3.32. The van der Waals surface area contributed by atoms with E-state index < -0.39 is 36.6 Å². The predicted octanol–water partition coefficient (Wildman–Crippen LogP) is 4.76. The summed E-state index contributed by atoms with van der Waals surface area (Å²) < 4.78 is 56.4. The van der Waals surface area contributed by atoms with Gasteiger partial charge in [0, 0.05) is 17.1 Å². The van der Waals surface area contributed by atoms with Crippen molar-refractivity contribution in [1.82, 2.24) is 15.0 Å². The number of hydrogen-bond acceptors (Lipinski definition) is 6. The summed E-state index contributed by atoms with van der Waals surface area (Å²) in [6, 6.07) is 4.59. The van der Waals surface area contributed by atoms with Crippen LogP contribution in [0.15, 0.2) is 30.5 Å². The average Bonchev–Trinajstić information content (AvgIpc) is 2.73. The van der Waals surface area contributed by atoms with Crippen molar-refractivity contribution in [3.63, 3.8) is 0 Å². The summed E-state index contributed by atoms with van der Waals surface area (Å²) in [6.07, 6.45) is -0.0867. The molecule has 2 unspecified atom stereocenters. The van der Waals surface area contributed by atoms with Gasteiger partial charge in [-0.25, -0.2) is 14.4 Å². The van der Waals surface area contributed by atoms with E-state index in [1.165, 1.54) is 18.3 Å². The SMILES string of the molecule is CCP(C)(=O)c1cc2c(N[C@H](C)c3cccc(C(F)(F)C(C)O)c3F)nc(C)nc2cn1. The van der Waals surface area contributed by atoms with Crippen LogP contribution in [0.5, 0.6) is 0 Å². The summed E-state index contributed by atoms with van der Waals surface area (Å²) in [4.78, 5) is 13.0. The second kappa shape index (κ2) is 8.79. The highest BCUT2D eigenvalue weighted by Gasteiger charge is 2.40. The Balaban J connectivity index is 2.06. The van der Waals surface area contributed by atoms with E-state index in [1.54, 1.807) is 26.6 Å². The van der Waals surface area contributed by atoms with Gasteiger partial charge in [0.1, 0.15) is 36.1 Å². The van der Waals surface area contributed by atoms with Gasteiger partial charge in [-0.3, -0.25) is 4.98 Å². The first-order valence-corrected chi connectivity index (χ1v) is 12.5. The number of hydrogen-bond donors (Lipinski definition) is 2. The van der Waals surface area contributed by atoms with E-state index >= 15 is 4.39 Å². The molecule has 32 heavy (non-hydrogen) atoms. The van der Waals surface area contributed by atoms with Crippen molar-refractivity contribution >= 4 is 29.3 Å². The monoisotopic (exact) mass is 466 g/mol. The molecule has 1 aromatic carbocycles. The van der Waals surface area contributed by atoms with E-state index in [9.17, 15) is 18.5 Å². The molecule has 0 aliphatic rings. The standard InChI is InChI=1S/C22H26F3N4O2P/c1-6-32(5,31)19-10-16-18(11-26-19)28-14(4)29-21(16)27-12(2)15-8-7-9-17(20(15)23)22(24,25)13(3)30/h7-13,30H,6H2,1-5H3,(H,27,28,29)/t12-,13?,32?/m1/s1. The highest BCUT2D eigenvalue weighted by molar-refractivity contribution is 7.70. The summed E-state index contributed by atoms with van der Waals surface area (Å²) in [5.74, 6) is -4.04. The Morgan fingerprint density at radius 2 is 1.94 bits per heavy atom. The zero-order chi connectivity index (χ0) is 23.8. The first-order chi connectivity index (χ1) is 14.9. The average molecular weight is 466 g/mol. The number of anilines is 1. The van der Waals surface area contributed by atoms with Crippen LogP contribution in [0, 0.1) is 12.7 Å². The second-order valence-corrected chi connectivity index (χ2v) is 11.3. The molecule has 0 fully saturated rings. The van der Waals surface area contributed by atoms with Crippen LogP contribution in [0.1, 0.15) is 43.8 Å². The number of aryl methyl sites for hydroxylation is 1. The number of aliphatic hydroxyl groups excluding tert-OH is 1. The molecule has 3 atom stereocenters. The van der Waals surface area contributed by atoms with E-state index in [0.29, 0.717) is 34.1 Å². The van der Waals surface area contributed by atoms with Gasteiger partial charge in [-0.2, -0.15) is 8.78 Å². The molecule has 6 nitrogen and oxygen atoms in total.